The lowest BCUT2D eigenvalue weighted by atomic mass is 9.81. The Morgan fingerprint density at radius 1 is 1.14 bits per heavy atom. The summed E-state index contributed by atoms with van der Waals surface area (Å²) in [5, 5.41) is 5.96. The van der Waals surface area contributed by atoms with Crippen molar-refractivity contribution in [2.75, 3.05) is 11.9 Å². The highest BCUT2D eigenvalue weighted by molar-refractivity contribution is 9.10. The zero-order valence-electron chi connectivity index (χ0n) is 12.6. The fourth-order valence-corrected chi connectivity index (χ4v) is 3.82. The maximum atomic E-state index is 4.51. The van der Waals surface area contributed by atoms with E-state index in [0.29, 0.717) is 0 Å². The van der Waals surface area contributed by atoms with Gasteiger partial charge in [-0.3, -0.25) is 0 Å². The van der Waals surface area contributed by atoms with Gasteiger partial charge in [0.1, 0.15) is 5.82 Å². The van der Waals surface area contributed by atoms with E-state index in [-0.39, 0.29) is 0 Å². The van der Waals surface area contributed by atoms with Crippen molar-refractivity contribution in [3.63, 3.8) is 0 Å². The van der Waals surface area contributed by atoms with Gasteiger partial charge in [0.2, 0.25) is 0 Å². The van der Waals surface area contributed by atoms with Gasteiger partial charge in [-0.2, -0.15) is 0 Å². The Kier molecular flexibility index (Phi) is 4.79. The van der Waals surface area contributed by atoms with E-state index in [1.807, 2.05) is 6.20 Å². The summed E-state index contributed by atoms with van der Waals surface area (Å²) in [6.07, 6.45) is 8.76. The molecular formula is C18H23BrN2. The van der Waals surface area contributed by atoms with Crippen molar-refractivity contribution >= 4 is 32.5 Å². The summed E-state index contributed by atoms with van der Waals surface area (Å²) >= 11 is 3.61. The number of fused-ring (bicyclic) bond motifs is 1. The second kappa shape index (κ2) is 6.78. The van der Waals surface area contributed by atoms with Gasteiger partial charge in [-0.1, -0.05) is 60.7 Å². The summed E-state index contributed by atoms with van der Waals surface area (Å²) in [6.45, 7) is 3.41. The normalized spacial score (nSPS) is 22.4. The van der Waals surface area contributed by atoms with Gasteiger partial charge < -0.3 is 5.32 Å². The number of aromatic nitrogens is 1. The van der Waals surface area contributed by atoms with Crippen molar-refractivity contribution in [3.8, 4) is 0 Å². The first-order valence-corrected chi connectivity index (χ1v) is 8.80. The molecule has 2 nitrogen and oxygen atoms in total. The average molecular weight is 347 g/mol. The molecule has 1 N–H and O–H groups in total. The number of nitrogens with zero attached hydrogens (tertiary/aromatic N) is 1. The number of rotatable bonds is 4. The number of pyridine rings is 1. The highest BCUT2D eigenvalue weighted by atomic mass is 79.9. The topological polar surface area (TPSA) is 24.9 Å². The Balaban J connectivity index is 1.62. The van der Waals surface area contributed by atoms with Crippen LogP contribution >= 0.6 is 15.9 Å². The minimum Gasteiger partial charge on any atom is -0.370 e. The summed E-state index contributed by atoms with van der Waals surface area (Å²) < 4.78 is 1.13. The minimum atomic E-state index is 0.899. The van der Waals surface area contributed by atoms with Crippen LogP contribution in [0.5, 0.6) is 0 Å². The number of anilines is 1. The van der Waals surface area contributed by atoms with Crippen LogP contribution in [0.3, 0.4) is 0 Å². The maximum absolute atomic E-state index is 4.51. The molecule has 0 bridgehead atoms. The molecule has 2 aromatic rings. The number of hydrogen-bond acceptors (Lipinski definition) is 2. The van der Waals surface area contributed by atoms with Crippen LogP contribution in [0.1, 0.15) is 39.0 Å². The van der Waals surface area contributed by atoms with Gasteiger partial charge in [0.15, 0.2) is 0 Å². The second-order valence-electron chi connectivity index (χ2n) is 6.34. The molecule has 112 valence electrons. The van der Waals surface area contributed by atoms with Gasteiger partial charge >= 0.3 is 0 Å². The monoisotopic (exact) mass is 346 g/mol. The third-order valence-electron chi connectivity index (χ3n) is 4.73. The van der Waals surface area contributed by atoms with Crippen LogP contribution in [0.25, 0.3) is 10.8 Å². The van der Waals surface area contributed by atoms with Crippen LogP contribution in [0.15, 0.2) is 34.9 Å². The zero-order valence-corrected chi connectivity index (χ0v) is 14.2. The van der Waals surface area contributed by atoms with Crippen molar-refractivity contribution in [1.82, 2.24) is 4.98 Å². The molecule has 1 aliphatic carbocycles. The van der Waals surface area contributed by atoms with Crippen molar-refractivity contribution in [1.29, 1.82) is 0 Å². The summed E-state index contributed by atoms with van der Waals surface area (Å²) in [5.74, 6) is 2.85. The van der Waals surface area contributed by atoms with Crippen molar-refractivity contribution in [2.24, 2.45) is 11.8 Å². The first-order valence-electron chi connectivity index (χ1n) is 8.01. The molecule has 21 heavy (non-hydrogen) atoms. The Morgan fingerprint density at radius 3 is 2.76 bits per heavy atom. The Bertz CT molecular complexity index is 603. The molecule has 0 atom stereocenters. The fraction of sp³-hybridized carbons (Fsp3) is 0.500. The number of halogens is 1. The van der Waals surface area contributed by atoms with Crippen LogP contribution in [0, 0.1) is 11.8 Å². The zero-order chi connectivity index (χ0) is 14.7. The van der Waals surface area contributed by atoms with Gasteiger partial charge in [-0.05, 0) is 30.4 Å². The highest BCUT2D eigenvalue weighted by Gasteiger charge is 2.17. The third kappa shape index (κ3) is 3.57. The van der Waals surface area contributed by atoms with E-state index >= 15 is 0 Å². The molecule has 1 fully saturated rings. The Morgan fingerprint density at radius 2 is 1.95 bits per heavy atom. The lowest BCUT2D eigenvalue weighted by Crippen LogP contribution is -2.16. The molecule has 0 aliphatic heterocycles. The molecule has 1 heterocycles. The smallest absolute Gasteiger partial charge is 0.133 e. The van der Waals surface area contributed by atoms with Gasteiger partial charge in [-0.25, -0.2) is 4.98 Å². The highest BCUT2D eigenvalue weighted by Crippen LogP contribution is 2.31. The van der Waals surface area contributed by atoms with E-state index in [4.69, 9.17) is 0 Å². The van der Waals surface area contributed by atoms with E-state index in [0.717, 1.165) is 28.7 Å². The summed E-state index contributed by atoms with van der Waals surface area (Å²) in [5.41, 5.74) is 0. The lowest BCUT2D eigenvalue weighted by Gasteiger charge is -2.26. The first kappa shape index (κ1) is 14.8. The van der Waals surface area contributed by atoms with E-state index in [2.05, 4.69) is 57.4 Å². The SMILES string of the molecule is CC1CCC(CCNc2nccc3c(Br)cccc23)CC1. The molecule has 0 radical (unpaired) electrons. The molecule has 0 spiro atoms. The molecular weight excluding hydrogens is 324 g/mol. The molecule has 0 unspecified atom stereocenters. The molecule has 1 aromatic heterocycles. The summed E-state index contributed by atoms with van der Waals surface area (Å²) in [6, 6.07) is 8.35. The quantitative estimate of drug-likeness (QED) is 0.776. The van der Waals surface area contributed by atoms with E-state index in [9.17, 15) is 0 Å². The molecule has 1 saturated carbocycles. The average Bonchev–Trinajstić information content (AvgIpc) is 2.50. The number of benzene rings is 1. The van der Waals surface area contributed by atoms with Gasteiger partial charge in [0, 0.05) is 28.0 Å². The molecule has 3 rings (SSSR count). The molecule has 0 saturated heterocycles. The van der Waals surface area contributed by atoms with Crippen LogP contribution in [0.4, 0.5) is 5.82 Å². The third-order valence-corrected chi connectivity index (χ3v) is 5.42. The predicted molar refractivity (Wildman–Crippen MR) is 93.7 cm³/mol. The van der Waals surface area contributed by atoms with Crippen molar-refractivity contribution < 1.29 is 0 Å². The van der Waals surface area contributed by atoms with Gasteiger partial charge in [0.25, 0.3) is 0 Å². The van der Waals surface area contributed by atoms with Crippen LogP contribution < -0.4 is 5.32 Å². The van der Waals surface area contributed by atoms with Crippen LogP contribution in [-0.4, -0.2) is 11.5 Å². The second-order valence-corrected chi connectivity index (χ2v) is 7.19. The number of hydrogen-bond donors (Lipinski definition) is 1. The van der Waals surface area contributed by atoms with E-state index < -0.39 is 0 Å². The minimum absolute atomic E-state index is 0.899. The molecule has 3 heteroatoms. The Hall–Kier alpha value is -1.09. The Labute approximate surface area is 135 Å². The maximum Gasteiger partial charge on any atom is 0.133 e. The first-order chi connectivity index (χ1) is 10.2. The van der Waals surface area contributed by atoms with Crippen molar-refractivity contribution in [3.05, 3.63) is 34.9 Å². The summed E-state index contributed by atoms with van der Waals surface area (Å²) in [4.78, 5) is 4.51. The predicted octanol–water partition coefficient (Wildman–Crippen LogP) is 5.63. The lowest BCUT2D eigenvalue weighted by molar-refractivity contribution is 0.282. The molecule has 1 aliphatic rings. The number of nitrogens with one attached hydrogen (secondary N) is 1. The fourth-order valence-electron chi connectivity index (χ4n) is 3.32. The van der Waals surface area contributed by atoms with E-state index in [1.165, 1.54) is 42.9 Å². The molecule has 0 amide bonds. The largest absolute Gasteiger partial charge is 0.370 e. The van der Waals surface area contributed by atoms with Gasteiger partial charge in [0.05, 0.1) is 0 Å². The van der Waals surface area contributed by atoms with Crippen LogP contribution in [0.2, 0.25) is 0 Å². The standard InChI is InChI=1S/C18H23BrN2/c1-13-5-7-14(8-6-13)9-11-20-18-16-3-2-4-17(19)15(16)10-12-21-18/h2-4,10,12-14H,5-9,11H2,1H3,(H,20,21). The van der Waals surface area contributed by atoms with Gasteiger partial charge in [-0.15, -0.1) is 0 Å². The summed E-state index contributed by atoms with van der Waals surface area (Å²) in [7, 11) is 0. The van der Waals surface area contributed by atoms with E-state index in [1.54, 1.807) is 0 Å². The van der Waals surface area contributed by atoms with Crippen LogP contribution in [-0.2, 0) is 0 Å². The molecule has 1 aromatic carbocycles. The van der Waals surface area contributed by atoms with Crippen molar-refractivity contribution in [2.45, 2.75) is 39.0 Å².